The van der Waals surface area contributed by atoms with Gasteiger partial charge in [-0.05, 0) is 31.0 Å². The van der Waals surface area contributed by atoms with Crippen molar-refractivity contribution in [2.24, 2.45) is 0 Å². The summed E-state index contributed by atoms with van der Waals surface area (Å²) in [6.45, 7) is 0.230. The summed E-state index contributed by atoms with van der Waals surface area (Å²) in [5.41, 5.74) is 1.03. The first-order valence-electron chi connectivity index (χ1n) is 9.96. The van der Waals surface area contributed by atoms with Crippen LogP contribution < -0.4 is 5.32 Å². The third-order valence-electron chi connectivity index (χ3n) is 5.26. The summed E-state index contributed by atoms with van der Waals surface area (Å²) in [5, 5.41) is 12.0. The van der Waals surface area contributed by atoms with Crippen LogP contribution in [0.5, 0.6) is 0 Å². The SMILES string of the molecule is O=C(Nc1nn(Cc2c(Cl)cccc2Cl)cc1Cl)c1cc2nc(C3CC3)cc(C(F)F)n2n1. The van der Waals surface area contributed by atoms with Crippen molar-refractivity contribution in [3.8, 4) is 0 Å². The Morgan fingerprint density at radius 2 is 1.85 bits per heavy atom. The molecule has 0 saturated heterocycles. The van der Waals surface area contributed by atoms with E-state index >= 15 is 0 Å². The Labute approximate surface area is 201 Å². The van der Waals surface area contributed by atoms with E-state index in [9.17, 15) is 13.6 Å². The highest BCUT2D eigenvalue weighted by Crippen LogP contribution is 2.40. The Hall–Kier alpha value is -2.75. The van der Waals surface area contributed by atoms with Crippen molar-refractivity contribution in [3.05, 3.63) is 74.2 Å². The van der Waals surface area contributed by atoms with Gasteiger partial charge in [-0.25, -0.2) is 18.3 Å². The van der Waals surface area contributed by atoms with E-state index in [4.69, 9.17) is 34.8 Å². The van der Waals surface area contributed by atoms with Crippen molar-refractivity contribution in [3.63, 3.8) is 0 Å². The van der Waals surface area contributed by atoms with Crippen LogP contribution in [0.1, 0.15) is 52.6 Å². The fraction of sp³-hybridized carbons (Fsp3) is 0.238. The van der Waals surface area contributed by atoms with Gasteiger partial charge in [-0.2, -0.15) is 10.2 Å². The van der Waals surface area contributed by atoms with E-state index in [2.05, 4.69) is 20.5 Å². The van der Waals surface area contributed by atoms with Gasteiger partial charge < -0.3 is 5.32 Å². The maximum atomic E-state index is 13.6. The minimum Gasteiger partial charge on any atom is -0.302 e. The molecule has 0 bridgehead atoms. The summed E-state index contributed by atoms with van der Waals surface area (Å²) in [6.07, 6.45) is 0.575. The fourth-order valence-electron chi connectivity index (χ4n) is 3.45. The number of fused-ring (bicyclic) bond motifs is 1. The van der Waals surface area contributed by atoms with Crippen molar-refractivity contribution in [1.29, 1.82) is 0 Å². The Balaban J connectivity index is 1.40. The van der Waals surface area contributed by atoms with Crippen LogP contribution in [0.15, 0.2) is 36.5 Å². The molecule has 170 valence electrons. The number of alkyl halides is 2. The molecule has 1 amide bonds. The molecule has 0 atom stereocenters. The highest BCUT2D eigenvalue weighted by molar-refractivity contribution is 6.36. The number of rotatable bonds is 6. The summed E-state index contributed by atoms with van der Waals surface area (Å²) < 4.78 is 29.6. The van der Waals surface area contributed by atoms with E-state index < -0.39 is 12.3 Å². The molecule has 1 aliphatic rings. The number of carbonyl (C=O) groups is 1. The molecule has 5 rings (SSSR count). The van der Waals surface area contributed by atoms with Crippen LogP contribution in [0.4, 0.5) is 14.6 Å². The Morgan fingerprint density at radius 3 is 2.52 bits per heavy atom. The molecule has 1 saturated carbocycles. The van der Waals surface area contributed by atoms with Crippen LogP contribution in [-0.4, -0.2) is 30.3 Å². The second-order valence-electron chi connectivity index (χ2n) is 7.66. The van der Waals surface area contributed by atoms with Crippen LogP contribution in [0.3, 0.4) is 0 Å². The molecule has 12 heteroatoms. The van der Waals surface area contributed by atoms with Crippen molar-refractivity contribution in [2.75, 3.05) is 5.32 Å². The smallest absolute Gasteiger partial charge is 0.280 e. The molecule has 0 unspecified atom stereocenters. The molecule has 1 fully saturated rings. The van der Waals surface area contributed by atoms with Gasteiger partial charge in [0.25, 0.3) is 12.3 Å². The number of nitrogens with one attached hydrogen (secondary N) is 1. The van der Waals surface area contributed by atoms with Crippen molar-refractivity contribution >= 4 is 52.2 Å². The van der Waals surface area contributed by atoms with Gasteiger partial charge >= 0.3 is 0 Å². The van der Waals surface area contributed by atoms with E-state index in [-0.39, 0.29) is 40.3 Å². The number of aromatic nitrogens is 5. The number of anilines is 1. The minimum atomic E-state index is -2.76. The number of hydrogen-bond donors (Lipinski definition) is 1. The zero-order chi connectivity index (χ0) is 23.3. The van der Waals surface area contributed by atoms with Gasteiger partial charge in [0, 0.05) is 39.5 Å². The third kappa shape index (κ3) is 4.40. The molecule has 3 heterocycles. The van der Waals surface area contributed by atoms with Crippen LogP contribution in [-0.2, 0) is 6.54 Å². The number of benzene rings is 1. The largest absolute Gasteiger partial charge is 0.302 e. The van der Waals surface area contributed by atoms with Gasteiger partial charge in [0.1, 0.15) is 10.7 Å². The molecule has 1 aromatic carbocycles. The zero-order valence-electron chi connectivity index (χ0n) is 16.8. The van der Waals surface area contributed by atoms with E-state index in [1.807, 2.05) is 0 Å². The van der Waals surface area contributed by atoms with E-state index in [0.29, 0.717) is 21.3 Å². The first kappa shape index (κ1) is 22.1. The number of hydrogen-bond acceptors (Lipinski definition) is 4. The summed E-state index contributed by atoms with van der Waals surface area (Å²) in [4.78, 5) is 17.2. The van der Waals surface area contributed by atoms with Crippen molar-refractivity contribution < 1.29 is 13.6 Å². The van der Waals surface area contributed by atoms with Gasteiger partial charge in [0.05, 0.1) is 6.54 Å². The normalized spacial score (nSPS) is 13.8. The van der Waals surface area contributed by atoms with Crippen molar-refractivity contribution in [2.45, 2.75) is 31.7 Å². The molecule has 0 spiro atoms. The molecule has 1 aliphatic carbocycles. The van der Waals surface area contributed by atoms with E-state index in [1.54, 1.807) is 18.2 Å². The van der Waals surface area contributed by atoms with Crippen LogP contribution in [0, 0.1) is 0 Å². The maximum Gasteiger partial charge on any atom is 0.280 e. The Kier molecular flexibility index (Phi) is 5.72. The van der Waals surface area contributed by atoms with Gasteiger partial charge in [-0.15, -0.1) is 0 Å². The lowest BCUT2D eigenvalue weighted by atomic mass is 10.2. The molecule has 7 nitrogen and oxygen atoms in total. The lowest BCUT2D eigenvalue weighted by Crippen LogP contribution is -2.14. The molecule has 4 aromatic rings. The average Bonchev–Trinajstić information content (AvgIpc) is 3.44. The van der Waals surface area contributed by atoms with Gasteiger partial charge in [-0.3, -0.25) is 9.48 Å². The standard InChI is InChI=1S/C21H15Cl3F2N6O/c22-12-2-1-3-13(23)11(12)8-31-9-14(24)20(30-31)28-21(33)16-7-18-27-15(10-4-5-10)6-17(19(25)26)32(18)29-16/h1-3,6-7,9-10,19H,4-5,8H2,(H,28,30,33). The molecule has 1 N–H and O–H groups in total. The average molecular weight is 512 g/mol. The lowest BCUT2D eigenvalue weighted by Gasteiger charge is -2.06. The van der Waals surface area contributed by atoms with Crippen molar-refractivity contribution in [1.82, 2.24) is 24.4 Å². The second-order valence-corrected chi connectivity index (χ2v) is 8.88. The Bertz CT molecular complexity index is 1360. The van der Waals surface area contributed by atoms with Crippen LogP contribution in [0.2, 0.25) is 15.1 Å². The molecular formula is C21H15Cl3F2N6O. The quantitative estimate of drug-likeness (QED) is 0.344. The minimum absolute atomic E-state index is 0.0858. The topological polar surface area (TPSA) is 77.1 Å². The van der Waals surface area contributed by atoms with E-state index in [1.165, 1.54) is 23.0 Å². The number of halogens is 5. The molecular weight excluding hydrogens is 497 g/mol. The maximum absolute atomic E-state index is 13.6. The molecule has 3 aromatic heterocycles. The molecule has 0 aliphatic heterocycles. The number of nitrogens with zero attached hydrogens (tertiary/aromatic N) is 5. The number of carbonyl (C=O) groups excluding carboxylic acids is 1. The first-order chi connectivity index (χ1) is 15.8. The molecule has 0 radical (unpaired) electrons. The van der Waals surface area contributed by atoms with Gasteiger partial charge in [0.2, 0.25) is 0 Å². The number of amides is 1. The lowest BCUT2D eigenvalue weighted by molar-refractivity contribution is 0.102. The van der Waals surface area contributed by atoms with Crippen LogP contribution >= 0.6 is 34.8 Å². The van der Waals surface area contributed by atoms with E-state index in [0.717, 1.165) is 17.4 Å². The third-order valence-corrected chi connectivity index (χ3v) is 6.24. The highest BCUT2D eigenvalue weighted by Gasteiger charge is 2.28. The molecule has 33 heavy (non-hydrogen) atoms. The van der Waals surface area contributed by atoms with Gasteiger partial charge in [-0.1, -0.05) is 40.9 Å². The first-order valence-corrected chi connectivity index (χ1v) is 11.1. The summed E-state index contributed by atoms with van der Waals surface area (Å²) in [5.74, 6) is -0.395. The highest BCUT2D eigenvalue weighted by atomic mass is 35.5. The Morgan fingerprint density at radius 1 is 1.12 bits per heavy atom. The van der Waals surface area contributed by atoms with Crippen LogP contribution in [0.25, 0.3) is 5.65 Å². The summed E-state index contributed by atoms with van der Waals surface area (Å²) in [6, 6.07) is 7.85. The summed E-state index contributed by atoms with van der Waals surface area (Å²) >= 11 is 18.6. The predicted octanol–water partition coefficient (Wildman–Crippen LogP) is 6.00. The zero-order valence-corrected chi connectivity index (χ0v) is 19.0. The second kappa shape index (κ2) is 8.55. The monoisotopic (exact) mass is 510 g/mol. The summed E-state index contributed by atoms with van der Waals surface area (Å²) in [7, 11) is 0. The van der Waals surface area contributed by atoms with Gasteiger partial charge in [0.15, 0.2) is 17.2 Å². The predicted molar refractivity (Wildman–Crippen MR) is 121 cm³/mol. The fourth-order valence-corrected chi connectivity index (χ4v) is 4.17.